The van der Waals surface area contributed by atoms with E-state index in [2.05, 4.69) is 20.5 Å². The normalized spacial score (nSPS) is 12.0. The molecule has 0 aromatic heterocycles. The molecule has 0 heterocycles. The van der Waals surface area contributed by atoms with Crippen molar-refractivity contribution in [1.82, 2.24) is 16.0 Å². The van der Waals surface area contributed by atoms with E-state index >= 15 is 0 Å². The van der Waals surface area contributed by atoms with Gasteiger partial charge in [0, 0.05) is 27.3 Å². The Morgan fingerprint density at radius 1 is 0.743 bits per heavy atom. The first-order valence-electron chi connectivity index (χ1n) is 11.5. The highest BCUT2D eigenvalue weighted by Crippen LogP contribution is 2.35. The largest absolute Gasteiger partial charge is 0.469 e. The lowest BCUT2D eigenvalue weighted by Crippen LogP contribution is -2.47. The molecule has 35 heavy (non-hydrogen) atoms. The van der Waals surface area contributed by atoms with E-state index in [1.54, 1.807) is 0 Å². The molecule has 1 atom stereocenters. The molecule has 0 aromatic rings. The molecule has 0 aromatic carbocycles. The molecule has 5 N–H and O–H groups in total. The topological polar surface area (TPSA) is 191 Å². The number of hydrogen-bond acceptors (Lipinski definition) is 9. The molecule has 0 aliphatic heterocycles. The van der Waals surface area contributed by atoms with Gasteiger partial charge in [-0.05, 0) is 32.1 Å². The summed E-state index contributed by atoms with van der Waals surface area (Å²) in [7, 11) is -1.46. The Morgan fingerprint density at radius 2 is 1.31 bits per heavy atom. The molecule has 14 nitrogen and oxygen atoms in total. The molecule has 0 saturated heterocycles. The molecule has 0 rings (SSSR count). The zero-order valence-corrected chi connectivity index (χ0v) is 21.4. The molecule has 0 spiro atoms. The van der Waals surface area contributed by atoms with Gasteiger partial charge in [0.05, 0.1) is 19.8 Å². The van der Waals surface area contributed by atoms with Gasteiger partial charge in [0.15, 0.2) is 0 Å². The van der Waals surface area contributed by atoms with E-state index in [1.165, 1.54) is 14.2 Å². The average molecular weight is 530 g/mol. The summed E-state index contributed by atoms with van der Waals surface area (Å²) < 4.78 is 34.4. The van der Waals surface area contributed by atoms with Gasteiger partial charge >= 0.3 is 20.0 Å². The lowest BCUT2D eigenvalue weighted by molar-refractivity contribution is -0.123. The van der Waals surface area contributed by atoms with E-state index < -0.39 is 26.1 Å². The third-order valence-electron chi connectivity index (χ3n) is 4.47. The molecule has 0 fully saturated rings. The van der Waals surface area contributed by atoms with Crippen LogP contribution < -0.4 is 16.0 Å². The third kappa shape index (κ3) is 22.3. The van der Waals surface area contributed by atoms with Crippen LogP contribution in [-0.2, 0) is 32.8 Å². The molecule has 0 aliphatic carbocycles. The second-order valence-electron chi connectivity index (χ2n) is 7.41. The lowest BCUT2D eigenvalue weighted by atomic mass is 10.1. The van der Waals surface area contributed by atoms with E-state index in [0.29, 0.717) is 58.2 Å². The van der Waals surface area contributed by atoms with Gasteiger partial charge in [-0.1, -0.05) is 12.8 Å². The maximum atomic E-state index is 12.6. The van der Waals surface area contributed by atoms with Gasteiger partial charge in [0.1, 0.15) is 19.3 Å². The summed E-state index contributed by atoms with van der Waals surface area (Å²) in [6.07, 6.45) is 2.74. The molecule has 0 saturated carbocycles. The number of unbranched alkanes of at least 4 members (excludes halogenated alkanes) is 4. The van der Waals surface area contributed by atoms with Crippen molar-refractivity contribution in [2.24, 2.45) is 0 Å². The summed E-state index contributed by atoms with van der Waals surface area (Å²) in [5, 5.41) is 7.91. The first-order valence-corrected chi connectivity index (χ1v) is 13.0. The molecule has 0 radical (unpaired) electrons. The highest BCUT2D eigenvalue weighted by molar-refractivity contribution is 7.46. The Morgan fingerprint density at radius 3 is 1.94 bits per heavy atom. The number of rotatable bonds is 21. The van der Waals surface area contributed by atoms with Crippen LogP contribution in [0.5, 0.6) is 0 Å². The van der Waals surface area contributed by atoms with E-state index in [-0.39, 0.29) is 32.3 Å². The lowest BCUT2D eigenvalue weighted by Gasteiger charge is -2.18. The van der Waals surface area contributed by atoms with Crippen LogP contribution in [0.1, 0.15) is 44.9 Å². The molecular weight excluding hydrogens is 489 g/mol. The van der Waals surface area contributed by atoms with Gasteiger partial charge in [-0.3, -0.25) is 9.32 Å². The van der Waals surface area contributed by atoms with Crippen LogP contribution in [0.2, 0.25) is 0 Å². The maximum absolute atomic E-state index is 12.6. The highest BCUT2D eigenvalue weighted by Gasteiger charge is 2.21. The van der Waals surface area contributed by atoms with Crippen LogP contribution in [0.3, 0.4) is 0 Å². The van der Waals surface area contributed by atoms with Crippen molar-refractivity contribution < 1.29 is 52.2 Å². The predicted octanol–water partition coefficient (Wildman–Crippen LogP) is 1.06. The quantitative estimate of drug-likeness (QED) is 0.105. The molecule has 15 heteroatoms. The fourth-order valence-corrected chi connectivity index (χ4v) is 3.07. The van der Waals surface area contributed by atoms with Crippen molar-refractivity contribution >= 4 is 25.9 Å². The number of carbonyl (C=O) groups excluding carboxylic acids is 3. The smallest absolute Gasteiger partial charge is 0.447 e. The number of nitrogens with one attached hydrogen (secondary N) is 3. The zero-order chi connectivity index (χ0) is 26.4. The maximum Gasteiger partial charge on any atom is 0.469 e. The van der Waals surface area contributed by atoms with Crippen LogP contribution >= 0.6 is 7.82 Å². The summed E-state index contributed by atoms with van der Waals surface area (Å²) in [6.45, 7) is 1.44. The van der Waals surface area contributed by atoms with Crippen LogP contribution in [0.4, 0.5) is 9.59 Å². The average Bonchev–Trinajstić information content (AvgIpc) is 2.79. The Balaban J connectivity index is 4.29. The number of alkyl carbamates (subject to hydrolysis) is 2. The first-order chi connectivity index (χ1) is 16.7. The SMILES string of the molecule is COCCOC(=O)NCCCC[C@H](NC(=O)OCCOC)C(=O)NCCCCCCOP(=O)(O)O. The summed E-state index contributed by atoms with van der Waals surface area (Å²) >= 11 is 0. The van der Waals surface area contributed by atoms with Crippen LogP contribution in [0.25, 0.3) is 0 Å². The van der Waals surface area contributed by atoms with Crippen molar-refractivity contribution in [2.75, 3.05) is 60.3 Å². The van der Waals surface area contributed by atoms with Gasteiger partial charge in [0.25, 0.3) is 0 Å². The van der Waals surface area contributed by atoms with Crippen molar-refractivity contribution in [3.05, 3.63) is 0 Å². The second kappa shape index (κ2) is 21.3. The van der Waals surface area contributed by atoms with Crippen LogP contribution in [0, 0.1) is 0 Å². The summed E-state index contributed by atoms with van der Waals surface area (Å²) in [4.78, 5) is 53.2. The minimum atomic E-state index is -4.44. The molecule has 0 aliphatic rings. The molecule has 0 bridgehead atoms. The van der Waals surface area contributed by atoms with Crippen molar-refractivity contribution in [3.63, 3.8) is 0 Å². The molecule has 206 valence electrons. The fraction of sp³-hybridized carbons (Fsp3) is 0.850. The number of amides is 3. The minimum Gasteiger partial charge on any atom is -0.447 e. The first kappa shape index (κ1) is 33.0. The second-order valence-corrected chi connectivity index (χ2v) is 8.65. The van der Waals surface area contributed by atoms with E-state index in [9.17, 15) is 18.9 Å². The van der Waals surface area contributed by atoms with Gasteiger partial charge in [0.2, 0.25) is 5.91 Å². The van der Waals surface area contributed by atoms with Crippen LogP contribution in [0.15, 0.2) is 0 Å². The number of methoxy groups -OCH3 is 2. The third-order valence-corrected chi connectivity index (χ3v) is 4.99. The summed E-state index contributed by atoms with van der Waals surface area (Å²) in [5.74, 6) is -0.356. The van der Waals surface area contributed by atoms with Gasteiger partial charge in [-0.2, -0.15) is 0 Å². The van der Waals surface area contributed by atoms with E-state index in [0.717, 1.165) is 6.42 Å². The minimum absolute atomic E-state index is 0.0342. The molecule has 0 unspecified atom stereocenters. The van der Waals surface area contributed by atoms with Crippen molar-refractivity contribution in [3.8, 4) is 0 Å². The Bertz CT molecular complexity index is 633. The highest BCUT2D eigenvalue weighted by atomic mass is 31.2. The molecule has 3 amide bonds. The number of carbonyl (C=O) groups is 3. The van der Waals surface area contributed by atoms with Gasteiger partial charge in [-0.15, -0.1) is 0 Å². The van der Waals surface area contributed by atoms with Gasteiger partial charge < -0.3 is 44.7 Å². The number of phosphoric ester groups is 1. The van der Waals surface area contributed by atoms with E-state index in [4.69, 9.17) is 28.7 Å². The van der Waals surface area contributed by atoms with E-state index in [1.807, 2.05) is 0 Å². The standard InChI is InChI=1S/C20H40N3O11P/c1-30-13-15-32-19(25)22-11-7-5-9-17(23-20(26)33-16-14-31-2)18(24)21-10-6-3-4-8-12-34-35(27,28)29/h17H,3-16H2,1-2H3,(H,21,24)(H,22,25)(H,23,26)(H2,27,28,29)/t17-/m0/s1. The van der Waals surface area contributed by atoms with Crippen molar-refractivity contribution in [1.29, 1.82) is 0 Å². The van der Waals surface area contributed by atoms with Gasteiger partial charge in [-0.25, -0.2) is 14.2 Å². The monoisotopic (exact) mass is 529 g/mol. The summed E-state index contributed by atoms with van der Waals surface area (Å²) in [6, 6.07) is -0.810. The van der Waals surface area contributed by atoms with Crippen molar-refractivity contribution in [2.45, 2.75) is 51.0 Å². The van der Waals surface area contributed by atoms with Crippen LogP contribution in [-0.4, -0.2) is 94.3 Å². The number of hydrogen-bond donors (Lipinski definition) is 5. The Kier molecular flexibility index (Phi) is 20.1. The molecular formula is C20H40N3O11P. The Hall–Kier alpha value is -1.96. The number of phosphoric acid groups is 1. The Labute approximate surface area is 206 Å². The fourth-order valence-electron chi connectivity index (χ4n) is 2.70. The number of ether oxygens (including phenoxy) is 4. The zero-order valence-electron chi connectivity index (χ0n) is 20.5. The summed E-state index contributed by atoms with van der Waals surface area (Å²) in [5.41, 5.74) is 0. The predicted molar refractivity (Wildman–Crippen MR) is 125 cm³/mol.